The van der Waals surface area contributed by atoms with Crippen molar-refractivity contribution in [3.63, 3.8) is 0 Å². The van der Waals surface area contributed by atoms with Crippen molar-refractivity contribution in [1.29, 1.82) is 0 Å². The summed E-state index contributed by atoms with van der Waals surface area (Å²) in [6, 6.07) is 14.9. The lowest BCUT2D eigenvalue weighted by Gasteiger charge is -2.16. The lowest BCUT2D eigenvalue weighted by atomic mass is 10.0. The van der Waals surface area contributed by atoms with E-state index in [0.29, 0.717) is 18.2 Å². The van der Waals surface area contributed by atoms with Crippen molar-refractivity contribution in [3.8, 4) is 0 Å². The summed E-state index contributed by atoms with van der Waals surface area (Å²) in [6.07, 6.45) is 0. The van der Waals surface area contributed by atoms with Gasteiger partial charge in [0.1, 0.15) is 5.82 Å². The molecule has 0 radical (unpaired) electrons. The largest absolute Gasteiger partial charge is 0.341 e. The van der Waals surface area contributed by atoms with E-state index < -0.39 is 0 Å². The molecule has 0 aliphatic rings. The van der Waals surface area contributed by atoms with E-state index in [4.69, 9.17) is 0 Å². The van der Waals surface area contributed by atoms with E-state index in [2.05, 4.69) is 48.3 Å². The molecule has 30 heavy (non-hydrogen) atoms. The summed E-state index contributed by atoms with van der Waals surface area (Å²) >= 11 is 4.57. The van der Waals surface area contributed by atoms with Crippen LogP contribution < -0.4 is 0 Å². The maximum Gasteiger partial charge on any atom is 0.233 e. The highest BCUT2D eigenvalue weighted by atomic mass is 32.2. The predicted molar refractivity (Wildman–Crippen MR) is 124 cm³/mol. The number of rotatable bonds is 9. The number of halogens is 1. The van der Waals surface area contributed by atoms with E-state index in [-0.39, 0.29) is 11.7 Å². The number of nitrogens with zero attached hydrogens (tertiary/aromatic N) is 3. The quantitative estimate of drug-likeness (QED) is 0.374. The summed E-state index contributed by atoms with van der Waals surface area (Å²) < 4.78 is 14.7. The molecule has 158 valence electrons. The minimum atomic E-state index is -0.277. The molecule has 0 spiro atoms. The molecule has 3 rings (SSSR count). The van der Waals surface area contributed by atoms with E-state index in [1.807, 2.05) is 0 Å². The first-order valence-electron chi connectivity index (χ1n) is 9.57. The molecule has 1 heterocycles. The molecule has 0 N–H and O–H groups in total. The molecule has 2 aromatic carbocycles. The van der Waals surface area contributed by atoms with Gasteiger partial charge in [-0.05, 0) is 34.7 Å². The van der Waals surface area contributed by atoms with Crippen molar-refractivity contribution < 1.29 is 9.18 Å². The molecule has 8 heteroatoms. The molecule has 0 fully saturated rings. The van der Waals surface area contributed by atoms with Crippen LogP contribution in [-0.4, -0.2) is 33.8 Å². The Balaban J connectivity index is 1.44. The lowest BCUT2D eigenvalue weighted by Crippen LogP contribution is -2.27. The predicted octanol–water partition coefficient (Wildman–Crippen LogP) is 5.84. The van der Waals surface area contributed by atoms with Gasteiger partial charge >= 0.3 is 0 Å². The molecular weight excluding hydrogens is 437 g/mol. The minimum Gasteiger partial charge on any atom is -0.341 e. The SMILES string of the molecule is CC(C)c1ccc(CSc2nnc(SCC(=O)N(C)Cc3ccc(F)cc3)s2)cc1. The van der Waals surface area contributed by atoms with Crippen LogP contribution in [0.1, 0.15) is 36.5 Å². The molecule has 1 aromatic heterocycles. The maximum absolute atomic E-state index is 13.0. The van der Waals surface area contributed by atoms with Gasteiger partial charge in [0.2, 0.25) is 5.91 Å². The number of amides is 1. The van der Waals surface area contributed by atoms with Crippen LogP contribution in [0.2, 0.25) is 0 Å². The standard InChI is InChI=1S/C22H24FN3OS3/c1-15(2)18-8-4-17(5-9-18)13-28-21-24-25-22(30-21)29-14-20(27)26(3)12-16-6-10-19(23)11-7-16/h4-11,15H,12-14H2,1-3H3. The molecule has 0 atom stereocenters. The van der Waals surface area contributed by atoms with Crippen molar-refractivity contribution in [1.82, 2.24) is 15.1 Å². The summed E-state index contributed by atoms with van der Waals surface area (Å²) in [7, 11) is 1.75. The third kappa shape index (κ3) is 6.82. The summed E-state index contributed by atoms with van der Waals surface area (Å²) in [5, 5.41) is 8.42. The zero-order valence-corrected chi connectivity index (χ0v) is 19.6. The van der Waals surface area contributed by atoms with E-state index in [1.165, 1.54) is 46.4 Å². The summed E-state index contributed by atoms with van der Waals surface area (Å²) in [6.45, 7) is 4.83. The third-order valence-electron chi connectivity index (χ3n) is 4.47. The minimum absolute atomic E-state index is 0.000953. The van der Waals surface area contributed by atoms with Crippen molar-refractivity contribution in [2.45, 2.75) is 40.7 Å². The van der Waals surface area contributed by atoms with E-state index >= 15 is 0 Å². The molecule has 0 unspecified atom stereocenters. The Morgan fingerprint density at radius 1 is 1.00 bits per heavy atom. The van der Waals surface area contributed by atoms with Crippen LogP contribution in [0.15, 0.2) is 57.2 Å². The van der Waals surface area contributed by atoms with Gasteiger partial charge in [0, 0.05) is 19.3 Å². The highest BCUT2D eigenvalue weighted by molar-refractivity contribution is 8.03. The second kappa shape index (κ2) is 10.9. The van der Waals surface area contributed by atoms with Gasteiger partial charge in [-0.25, -0.2) is 4.39 Å². The average molecular weight is 462 g/mol. The molecule has 0 saturated heterocycles. The van der Waals surface area contributed by atoms with Gasteiger partial charge in [-0.15, -0.1) is 10.2 Å². The fourth-order valence-electron chi connectivity index (χ4n) is 2.64. The van der Waals surface area contributed by atoms with E-state index in [9.17, 15) is 9.18 Å². The second-order valence-electron chi connectivity index (χ2n) is 7.18. The van der Waals surface area contributed by atoms with Crippen molar-refractivity contribution in [2.75, 3.05) is 12.8 Å². The van der Waals surface area contributed by atoms with Gasteiger partial charge < -0.3 is 4.90 Å². The number of carbonyl (C=O) groups excluding carboxylic acids is 1. The Morgan fingerprint density at radius 2 is 1.60 bits per heavy atom. The summed E-state index contributed by atoms with van der Waals surface area (Å²) in [5.74, 6) is 1.40. The fourth-order valence-corrected chi connectivity index (χ4v) is 5.56. The first kappa shape index (κ1) is 22.8. The summed E-state index contributed by atoms with van der Waals surface area (Å²) in [4.78, 5) is 14.0. The van der Waals surface area contributed by atoms with Crippen molar-refractivity contribution in [3.05, 3.63) is 71.0 Å². The number of benzene rings is 2. The molecule has 0 aliphatic carbocycles. The highest BCUT2D eigenvalue weighted by Crippen LogP contribution is 2.31. The zero-order valence-electron chi connectivity index (χ0n) is 17.2. The number of hydrogen-bond acceptors (Lipinski definition) is 6. The summed E-state index contributed by atoms with van der Waals surface area (Å²) in [5.41, 5.74) is 3.49. The number of thioether (sulfide) groups is 2. The van der Waals surface area contributed by atoms with Gasteiger partial charge in [0.15, 0.2) is 8.68 Å². The third-order valence-corrected chi connectivity index (χ3v) is 7.72. The van der Waals surface area contributed by atoms with Gasteiger partial charge in [-0.2, -0.15) is 0 Å². The van der Waals surface area contributed by atoms with Gasteiger partial charge in [0.05, 0.1) is 5.75 Å². The molecular formula is C22H24FN3OS3. The topological polar surface area (TPSA) is 46.1 Å². The Hall–Kier alpha value is -1.90. The normalized spacial score (nSPS) is 11.1. The van der Waals surface area contributed by atoms with Crippen LogP contribution >= 0.6 is 34.9 Å². The van der Waals surface area contributed by atoms with Crippen LogP contribution in [-0.2, 0) is 17.1 Å². The molecule has 0 aliphatic heterocycles. The van der Waals surface area contributed by atoms with Crippen LogP contribution in [0.4, 0.5) is 4.39 Å². The first-order valence-corrected chi connectivity index (χ1v) is 12.4. The molecule has 0 saturated carbocycles. The average Bonchev–Trinajstić information content (AvgIpc) is 3.20. The van der Waals surface area contributed by atoms with Gasteiger partial charge in [-0.1, -0.05) is 85.1 Å². The first-order chi connectivity index (χ1) is 14.4. The van der Waals surface area contributed by atoms with Gasteiger partial charge in [-0.3, -0.25) is 4.79 Å². The Kier molecular flexibility index (Phi) is 8.30. The lowest BCUT2D eigenvalue weighted by molar-refractivity contribution is -0.127. The van der Waals surface area contributed by atoms with Crippen molar-refractivity contribution in [2.24, 2.45) is 0 Å². The molecule has 4 nitrogen and oxygen atoms in total. The Labute approximate surface area is 189 Å². The van der Waals surface area contributed by atoms with Crippen LogP contribution in [0.5, 0.6) is 0 Å². The highest BCUT2D eigenvalue weighted by Gasteiger charge is 2.13. The van der Waals surface area contributed by atoms with Crippen molar-refractivity contribution >= 4 is 40.8 Å². The molecule has 1 amide bonds. The van der Waals surface area contributed by atoms with Gasteiger partial charge in [0.25, 0.3) is 0 Å². The second-order valence-corrected chi connectivity index (χ2v) is 10.6. The van der Waals surface area contributed by atoms with Crippen LogP contribution in [0.25, 0.3) is 0 Å². The molecule has 0 bridgehead atoms. The number of carbonyl (C=O) groups is 1. The number of aromatic nitrogens is 2. The monoisotopic (exact) mass is 461 g/mol. The smallest absolute Gasteiger partial charge is 0.233 e. The van der Waals surface area contributed by atoms with Crippen LogP contribution in [0.3, 0.4) is 0 Å². The zero-order chi connectivity index (χ0) is 21.5. The maximum atomic E-state index is 13.0. The number of hydrogen-bond donors (Lipinski definition) is 0. The Bertz CT molecular complexity index is 959. The fraction of sp³-hybridized carbons (Fsp3) is 0.318. The van der Waals surface area contributed by atoms with Crippen LogP contribution in [0, 0.1) is 5.82 Å². The van der Waals surface area contributed by atoms with E-state index in [0.717, 1.165) is 20.0 Å². The Morgan fingerprint density at radius 3 is 2.23 bits per heavy atom. The van der Waals surface area contributed by atoms with E-state index in [1.54, 1.807) is 35.8 Å². The molecule has 3 aromatic rings.